The molecule has 206 valence electrons. The van der Waals surface area contributed by atoms with E-state index < -0.39 is 19.2 Å². The maximum absolute atomic E-state index is 12.6. The van der Waals surface area contributed by atoms with Crippen LogP contribution in [0.1, 0.15) is 78.1 Å². The van der Waals surface area contributed by atoms with Crippen LogP contribution in [0.5, 0.6) is 5.75 Å². The zero-order chi connectivity index (χ0) is 26.5. The Morgan fingerprint density at radius 1 is 0.892 bits per heavy atom. The highest BCUT2D eigenvalue weighted by atomic mass is 31.2. The lowest BCUT2D eigenvalue weighted by molar-refractivity contribution is -0.725. The van der Waals surface area contributed by atoms with Crippen LogP contribution in [0.2, 0.25) is 0 Å². The molecule has 1 atom stereocenters. The molecule has 0 amide bonds. The molecule has 0 heterocycles. The second-order valence-electron chi connectivity index (χ2n) is 10.0. The van der Waals surface area contributed by atoms with Crippen molar-refractivity contribution in [2.45, 2.75) is 95.8 Å². The SMILES string of the molecule is C1CCC([NH2+]C2CCCCC2)CC1.CCOP(=O)(OCC)C(COc1ccc2ccccc2c1)C(=O)[O-]. The molecular formula is C29H44NO6P. The molecule has 4 rings (SSSR count). The van der Waals surface area contributed by atoms with E-state index in [2.05, 4.69) is 5.32 Å². The molecule has 0 aromatic heterocycles. The molecule has 1 unspecified atom stereocenters. The van der Waals surface area contributed by atoms with Crippen LogP contribution in [0.4, 0.5) is 0 Å². The molecule has 37 heavy (non-hydrogen) atoms. The van der Waals surface area contributed by atoms with E-state index in [1.54, 1.807) is 26.0 Å². The fourth-order valence-corrected chi connectivity index (χ4v) is 7.01. The van der Waals surface area contributed by atoms with Crippen molar-refractivity contribution >= 4 is 24.3 Å². The van der Waals surface area contributed by atoms with Crippen molar-refractivity contribution in [3.8, 4) is 5.75 Å². The molecule has 2 saturated carbocycles. The summed E-state index contributed by atoms with van der Waals surface area (Å²) in [6.07, 6.45) is 15.0. The van der Waals surface area contributed by atoms with Gasteiger partial charge in [-0.3, -0.25) is 4.57 Å². The summed E-state index contributed by atoms with van der Waals surface area (Å²) in [6, 6.07) is 15.1. The van der Waals surface area contributed by atoms with Gasteiger partial charge in [0.2, 0.25) is 0 Å². The minimum Gasteiger partial charge on any atom is -0.549 e. The van der Waals surface area contributed by atoms with Crippen molar-refractivity contribution in [1.82, 2.24) is 0 Å². The number of aliphatic carboxylic acids is 1. The number of benzene rings is 2. The number of hydrogen-bond donors (Lipinski definition) is 1. The number of hydrogen-bond acceptors (Lipinski definition) is 6. The Balaban J connectivity index is 0.000000244. The monoisotopic (exact) mass is 533 g/mol. The first kappa shape index (κ1) is 29.6. The molecule has 0 bridgehead atoms. The average molecular weight is 534 g/mol. The first-order valence-corrected chi connectivity index (χ1v) is 15.6. The van der Waals surface area contributed by atoms with Gasteiger partial charge in [0.25, 0.3) is 0 Å². The third-order valence-electron chi connectivity index (χ3n) is 7.24. The summed E-state index contributed by atoms with van der Waals surface area (Å²) < 4.78 is 28.3. The van der Waals surface area contributed by atoms with Crippen LogP contribution in [-0.2, 0) is 18.4 Å². The van der Waals surface area contributed by atoms with Crippen molar-refractivity contribution in [2.24, 2.45) is 0 Å². The van der Waals surface area contributed by atoms with E-state index in [1.165, 1.54) is 64.2 Å². The fraction of sp³-hybridized carbons (Fsp3) is 0.621. The van der Waals surface area contributed by atoms with Crippen molar-refractivity contribution < 1.29 is 33.6 Å². The third-order valence-corrected chi connectivity index (χ3v) is 9.60. The Morgan fingerprint density at radius 3 is 1.95 bits per heavy atom. The number of ether oxygens (including phenoxy) is 1. The number of nitrogens with two attached hydrogens (primary N) is 1. The number of quaternary nitrogens is 1. The lowest BCUT2D eigenvalue weighted by Gasteiger charge is -2.27. The van der Waals surface area contributed by atoms with E-state index in [1.807, 2.05) is 30.3 Å². The van der Waals surface area contributed by atoms with Gasteiger partial charge in [-0.25, -0.2) is 0 Å². The summed E-state index contributed by atoms with van der Waals surface area (Å²) in [6.45, 7) is 3.00. The van der Waals surface area contributed by atoms with Crippen LogP contribution in [0.15, 0.2) is 42.5 Å². The van der Waals surface area contributed by atoms with E-state index in [-0.39, 0.29) is 19.8 Å². The predicted molar refractivity (Wildman–Crippen MR) is 145 cm³/mol. The van der Waals surface area contributed by atoms with Crippen LogP contribution in [0.25, 0.3) is 10.8 Å². The number of carbonyl (C=O) groups excluding carboxylic acids is 1. The molecule has 2 aliphatic rings. The van der Waals surface area contributed by atoms with Crippen molar-refractivity contribution in [3.05, 3.63) is 42.5 Å². The topological polar surface area (TPSA) is 102 Å². The Kier molecular flexibility index (Phi) is 12.4. The third kappa shape index (κ3) is 9.40. The Bertz CT molecular complexity index is 977. The highest BCUT2D eigenvalue weighted by Gasteiger charge is 2.37. The lowest BCUT2D eigenvalue weighted by atomic mass is 9.91. The molecule has 2 aromatic rings. The van der Waals surface area contributed by atoms with Gasteiger partial charge in [0.15, 0.2) is 0 Å². The van der Waals surface area contributed by atoms with Gasteiger partial charge in [-0.05, 0) is 88.1 Å². The number of carboxylic acid groups (broad SMARTS) is 1. The largest absolute Gasteiger partial charge is 0.549 e. The number of fused-ring (bicyclic) bond motifs is 1. The van der Waals surface area contributed by atoms with Gasteiger partial charge in [-0.1, -0.05) is 43.2 Å². The summed E-state index contributed by atoms with van der Waals surface area (Å²) in [5.41, 5.74) is -1.50. The van der Waals surface area contributed by atoms with E-state index in [4.69, 9.17) is 13.8 Å². The molecule has 0 saturated heterocycles. The van der Waals surface area contributed by atoms with Gasteiger partial charge < -0.3 is 29.0 Å². The van der Waals surface area contributed by atoms with E-state index in [9.17, 15) is 14.5 Å². The van der Waals surface area contributed by atoms with Crippen molar-refractivity contribution in [2.75, 3.05) is 19.8 Å². The van der Waals surface area contributed by atoms with Crippen LogP contribution in [0, 0.1) is 0 Å². The zero-order valence-corrected chi connectivity index (χ0v) is 23.3. The van der Waals surface area contributed by atoms with Crippen LogP contribution in [0.3, 0.4) is 0 Å². The van der Waals surface area contributed by atoms with Gasteiger partial charge in [0.05, 0.1) is 31.3 Å². The normalized spacial score (nSPS) is 18.1. The standard InChI is InChI=1S/C17H21O6P.C12H23N/c1-3-22-24(20,23-4-2)16(17(18)19)12-21-15-10-9-13-7-5-6-8-14(13)11-15;1-3-7-11(8-4-1)13-12-9-5-2-6-10-12/h5-11,16H,3-4,12H2,1-2H3,(H,18,19);11-13H,1-10H2. The molecule has 7 nitrogen and oxygen atoms in total. The molecule has 0 spiro atoms. The van der Waals surface area contributed by atoms with Gasteiger partial charge in [-0.15, -0.1) is 0 Å². The van der Waals surface area contributed by atoms with Crippen molar-refractivity contribution in [3.63, 3.8) is 0 Å². The summed E-state index contributed by atoms with van der Waals surface area (Å²) in [5.74, 6) is -1.06. The summed E-state index contributed by atoms with van der Waals surface area (Å²) in [4.78, 5) is 11.4. The zero-order valence-electron chi connectivity index (χ0n) is 22.4. The maximum Gasteiger partial charge on any atom is 0.342 e. The molecule has 8 heteroatoms. The number of rotatable bonds is 11. The predicted octanol–water partition coefficient (Wildman–Crippen LogP) is 4.82. The first-order valence-electron chi connectivity index (χ1n) is 14.0. The Labute approximate surface area is 221 Å². The smallest absolute Gasteiger partial charge is 0.342 e. The molecule has 0 radical (unpaired) electrons. The molecule has 0 aliphatic heterocycles. The molecule has 2 fully saturated rings. The number of carboxylic acids is 1. The average Bonchev–Trinajstić information content (AvgIpc) is 2.90. The minimum absolute atomic E-state index is 0.0665. The fourth-order valence-electron chi connectivity index (χ4n) is 5.34. The van der Waals surface area contributed by atoms with Gasteiger partial charge in [0, 0.05) is 0 Å². The van der Waals surface area contributed by atoms with Crippen LogP contribution >= 0.6 is 7.60 Å². The second kappa shape index (κ2) is 15.5. The molecule has 2 N–H and O–H groups in total. The van der Waals surface area contributed by atoms with Crippen LogP contribution in [-0.4, -0.2) is 43.5 Å². The van der Waals surface area contributed by atoms with Gasteiger partial charge in [0.1, 0.15) is 18.0 Å². The summed E-state index contributed by atoms with van der Waals surface area (Å²) >= 11 is 0. The quantitative estimate of drug-likeness (QED) is 0.416. The lowest BCUT2D eigenvalue weighted by Crippen LogP contribution is -2.95. The minimum atomic E-state index is -3.86. The molecule has 2 aliphatic carbocycles. The Morgan fingerprint density at radius 2 is 1.43 bits per heavy atom. The van der Waals surface area contributed by atoms with Crippen LogP contribution < -0.4 is 15.2 Å². The summed E-state index contributed by atoms with van der Waals surface area (Å²) in [7, 11) is -3.86. The second-order valence-corrected chi connectivity index (χ2v) is 12.2. The summed E-state index contributed by atoms with van der Waals surface area (Å²) in [5, 5.41) is 16.1. The maximum atomic E-state index is 12.6. The Hall–Kier alpha value is -1.92. The van der Waals surface area contributed by atoms with Gasteiger partial charge >= 0.3 is 7.60 Å². The van der Waals surface area contributed by atoms with Gasteiger partial charge in [-0.2, -0.15) is 0 Å². The molecule has 2 aromatic carbocycles. The highest BCUT2D eigenvalue weighted by molar-refractivity contribution is 7.55. The van der Waals surface area contributed by atoms with E-state index in [0.717, 1.165) is 22.9 Å². The van der Waals surface area contributed by atoms with E-state index in [0.29, 0.717) is 5.75 Å². The van der Waals surface area contributed by atoms with Crippen molar-refractivity contribution in [1.29, 1.82) is 0 Å². The first-order chi connectivity index (χ1) is 17.9. The number of carbonyl (C=O) groups is 1. The molecular weight excluding hydrogens is 489 g/mol. The highest BCUT2D eigenvalue weighted by Crippen LogP contribution is 2.53. The van der Waals surface area contributed by atoms with E-state index >= 15 is 0 Å².